The summed E-state index contributed by atoms with van der Waals surface area (Å²) in [4.78, 5) is 0. The van der Waals surface area contributed by atoms with Crippen molar-refractivity contribution < 1.29 is 4.43 Å². The summed E-state index contributed by atoms with van der Waals surface area (Å²) in [5, 5.41) is 0. The van der Waals surface area contributed by atoms with Crippen LogP contribution in [0.5, 0.6) is 0 Å². The molecule has 1 nitrogen and oxygen atoms in total. The standard InChI is InChI=1S/C16H26OSi/c1-18(2,14-16-11-7-4-8-12-16)17-13-15-9-5-3-6-10-15/h4,7-8,11-12,15H,3,5-6,9-10,13-14H2,1-2H3. The topological polar surface area (TPSA) is 9.23 Å². The molecule has 0 amide bonds. The Bertz CT molecular complexity index is 341. The van der Waals surface area contributed by atoms with Crippen LogP contribution in [0.1, 0.15) is 37.7 Å². The van der Waals surface area contributed by atoms with E-state index in [1.165, 1.54) is 37.7 Å². The molecule has 2 rings (SSSR count). The van der Waals surface area contributed by atoms with Crippen LogP contribution in [0, 0.1) is 5.92 Å². The molecule has 2 heteroatoms. The van der Waals surface area contributed by atoms with E-state index in [2.05, 4.69) is 43.4 Å². The first-order chi connectivity index (χ1) is 8.66. The van der Waals surface area contributed by atoms with Gasteiger partial charge in [0.15, 0.2) is 8.32 Å². The SMILES string of the molecule is C[Si](C)(Cc1ccccc1)OCC1CCCCC1. The summed E-state index contributed by atoms with van der Waals surface area (Å²) in [6, 6.07) is 11.9. The molecule has 0 aromatic heterocycles. The van der Waals surface area contributed by atoms with Crippen LogP contribution >= 0.6 is 0 Å². The van der Waals surface area contributed by atoms with Gasteiger partial charge >= 0.3 is 0 Å². The molecule has 0 unspecified atom stereocenters. The van der Waals surface area contributed by atoms with E-state index in [-0.39, 0.29) is 0 Å². The van der Waals surface area contributed by atoms with E-state index < -0.39 is 8.32 Å². The lowest BCUT2D eigenvalue weighted by Gasteiger charge is -2.28. The molecule has 1 aromatic rings. The molecule has 1 aliphatic carbocycles. The van der Waals surface area contributed by atoms with Gasteiger partial charge in [-0.2, -0.15) is 0 Å². The number of hydrogen-bond acceptors (Lipinski definition) is 1. The zero-order valence-corrected chi connectivity index (χ0v) is 12.8. The van der Waals surface area contributed by atoms with Gasteiger partial charge in [0.2, 0.25) is 0 Å². The average molecular weight is 262 g/mol. The Morgan fingerprint density at radius 2 is 1.72 bits per heavy atom. The monoisotopic (exact) mass is 262 g/mol. The summed E-state index contributed by atoms with van der Waals surface area (Å²) in [6.45, 7) is 5.71. The second kappa shape index (κ2) is 6.53. The molecule has 18 heavy (non-hydrogen) atoms. The Labute approximate surface area is 113 Å². The van der Waals surface area contributed by atoms with Crippen molar-refractivity contribution in [3.05, 3.63) is 35.9 Å². The maximum Gasteiger partial charge on any atom is 0.191 e. The summed E-state index contributed by atoms with van der Waals surface area (Å²) < 4.78 is 6.31. The minimum atomic E-state index is -1.53. The van der Waals surface area contributed by atoms with E-state index in [0.717, 1.165) is 18.6 Å². The van der Waals surface area contributed by atoms with Gasteiger partial charge in [-0.05, 0) is 43.5 Å². The molecule has 0 N–H and O–H groups in total. The molecule has 0 saturated heterocycles. The van der Waals surface area contributed by atoms with Gasteiger partial charge < -0.3 is 4.43 Å². The van der Waals surface area contributed by atoms with Crippen LogP contribution in [0.25, 0.3) is 0 Å². The minimum absolute atomic E-state index is 0.835. The summed E-state index contributed by atoms with van der Waals surface area (Å²) in [5.41, 5.74) is 1.43. The fourth-order valence-corrected chi connectivity index (χ4v) is 4.84. The lowest BCUT2D eigenvalue weighted by molar-refractivity contribution is 0.201. The highest BCUT2D eigenvalue weighted by Gasteiger charge is 2.25. The lowest BCUT2D eigenvalue weighted by Crippen LogP contribution is -2.36. The Balaban J connectivity index is 1.79. The van der Waals surface area contributed by atoms with E-state index in [0.29, 0.717) is 0 Å². The average Bonchev–Trinajstić information content (AvgIpc) is 2.38. The van der Waals surface area contributed by atoms with Crippen molar-refractivity contribution in [3.63, 3.8) is 0 Å². The molecule has 1 aliphatic rings. The molecule has 100 valence electrons. The molecule has 0 heterocycles. The van der Waals surface area contributed by atoms with Crippen LogP contribution < -0.4 is 0 Å². The smallest absolute Gasteiger partial charge is 0.191 e. The normalized spacial score (nSPS) is 17.9. The van der Waals surface area contributed by atoms with Gasteiger partial charge in [-0.25, -0.2) is 0 Å². The van der Waals surface area contributed by atoms with Crippen molar-refractivity contribution in [3.8, 4) is 0 Å². The highest BCUT2D eigenvalue weighted by atomic mass is 28.4. The molecule has 0 radical (unpaired) electrons. The first kappa shape index (κ1) is 13.8. The number of hydrogen-bond donors (Lipinski definition) is 0. The fourth-order valence-electron chi connectivity index (χ4n) is 2.84. The Morgan fingerprint density at radius 3 is 2.39 bits per heavy atom. The van der Waals surface area contributed by atoms with Gasteiger partial charge in [0.1, 0.15) is 0 Å². The first-order valence-electron chi connectivity index (χ1n) is 7.34. The van der Waals surface area contributed by atoms with Crippen molar-refractivity contribution in [2.45, 2.75) is 51.2 Å². The highest BCUT2D eigenvalue weighted by Crippen LogP contribution is 2.25. The van der Waals surface area contributed by atoms with Gasteiger partial charge in [0.25, 0.3) is 0 Å². The molecule has 0 spiro atoms. The molecule has 1 saturated carbocycles. The molecule has 1 aromatic carbocycles. The summed E-state index contributed by atoms with van der Waals surface area (Å²) in [6.07, 6.45) is 7.02. The molecular weight excluding hydrogens is 236 g/mol. The van der Waals surface area contributed by atoms with E-state index in [1.54, 1.807) is 0 Å². The molecule has 0 aliphatic heterocycles. The molecule has 0 atom stereocenters. The van der Waals surface area contributed by atoms with Gasteiger partial charge in [-0.3, -0.25) is 0 Å². The first-order valence-corrected chi connectivity index (χ1v) is 10.5. The zero-order valence-electron chi connectivity index (χ0n) is 11.8. The number of rotatable bonds is 5. The summed E-state index contributed by atoms with van der Waals surface area (Å²) in [5.74, 6) is 0.835. The van der Waals surface area contributed by atoms with E-state index >= 15 is 0 Å². The van der Waals surface area contributed by atoms with Crippen molar-refractivity contribution in [1.82, 2.24) is 0 Å². The summed E-state index contributed by atoms with van der Waals surface area (Å²) in [7, 11) is -1.53. The molecular formula is C16H26OSi. The van der Waals surface area contributed by atoms with Crippen LogP contribution in [0.3, 0.4) is 0 Å². The van der Waals surface area contributed by atoms with Crippen LogP contribution in [0.4, 0.5) is 0 Å². The number of benzene rings is 1. The van der Waals surface area contributed by atoms with Crippen molar-refractivity contribution >= 4 is 8.32 Å². The van der Waals surface area contributed by atoms with Crippen LogP contribution in [0.15, 0.2) is 30.3 Å². The Hall–Kier alpha value is -0.603. The van der Waals surface area contributed by atoms with E-state index in [4.69, 9.17) is 4.43 Å². The maximum atomic E-state index is 6.31. The third-order valence-corrected chi connectivity index (χ3v) is 6.12. The minimum Gasteiger partial charge on any atom is -0.417 e. The largest absolute Gasteiger partial charge is 0.417 e. The van der Waals surface area contributed by atoms with Gasteiger partial charge in [-0.1, -0.05) is 49.6 Å². The quantitative estimate of drug-likeness (QED) is 0.706. The van der Waals surface area contributed by atoms with Crippen molar-refractivity contribution in [1.29, 1.82) is 0 Å². The lowest BCUT2D eigenvalue weighted by atomic mass is 9.90. The van der Waals surface area contributed by atoms with Crippen LogP contribution in [-0.4, -0.2) is 14.9 Å². The van der Waals surface area contributed by atoms with Gasteiger partial charge in [0, 0.05) is 6.61 Å². The third kappa shape index (κ3) is 4.58. The van der Waals surface area contributed by atoms with Crippen LogP contribution in [0.2, 0.25) is 13.1 Å². The Morgan fingerprint density at radius 1 is 1.06 bits per heavy atom. The Kier molecular flexibility index (Phi) is 5.01. The van der Waals surface area contributed by atoms with Crippen molar-refractivity contribution in [2.24, 2.45) is 5.92 Å². The van der Waals surface area contributed by atoms with E-state index in [1.807, 2.05) is 0 Å². The predicted octanol–water partition coefficient (Wildman–Crippen LogP) is 4.57. The molecule has 0 bridgehead atoms. The molecule has 1 fully saturated rings. The van der Waals surface area contributed by atoms with E-state index in [9.17, 15) is 0 Å². The second-order valence-electron chi connectivity index (χ2n) is 6.24. The zero-order chi connectivity index (χ0) is 12.8. The van der Waals surface area contributed by atoms with Crippen molar-refractivity contribution in [2.75, 3.05) is 6.61 Å². The predicted molar refractivity (Wildman–Crippen MR) is 80.2 cm³/mol. The van der Waals surface area contributed by atoms with Crippen LogP contribution in [-0.2, 0) is 10.5 Å². The fraction of sp³-hybridized carbons (Fsp3) is 0.625. The van der Waals surface area contributed by atoms with Gasteiger partial charge in [-0.15, -0.1) is 0 Å². The summed E-state index contributed by atoms with van der Waals surface area (Å²) >= 11 is 0. The van der Waals surface area contributed by atoms with Gasteiger partial charge in [0.05, 0.1) is 0 Å². The second-order valence-corrected chi connectivity index (χ2v) is 10.4. The third-order valence-electron chi connectivity index (χ3n) is 3.91. The highest BCUT2D eigenvalue weighted by molar-refractivity contribution is 6.70. The maximum absolute atomic E-state index is 6.31.